The standard InChI is InChI=1S/C23H20N4O2S/c1-14-7-6-10-18(15(14)2)25-22(29)24-17-11-12-19-20(13-17)30-23(26-19)27-21(28)16-8-4-3-5-9-16/h3-13H,1-2H3,(H2,24,25,29)(H,26,27,28). The monoisotopic (exact) mass is 416 g/mol. The molecular formula is C23H20N4O2S. The van der Waals surface area contributed by atoms with Crippen LogP contribution in [0.15, 0.2) is 66.7 Å². The van der Waals surface area contributed by atoms with E-state index in [0.29, 0.717) is 16.4 Å². The Labute approximate surface area is 178 Å². The maximum Gasteiger partial charge on any atom is 0.323 e. The summed E-state index contributed by atoms with van der Waals surface area (Å²) < 4.78 is 0.864. The van der Waals surface area contributed by atoms with Crippen LogP contribution in [0.2, 0.25) is 0 Å². The molecule has 6 nitrogen and oxygen atoms in total. The summed E-state index contributed by atoms with van der Waals surface area (Å²) in [5.74, 6) is -0.207. The summed E-state index contributed by atoms with van der Waals surface area (Å²) in [7, 11) is 0. The van der Waals surface area contributed by atoms with Crippen molar-refractivity contribution in [1.82, 2.24) is 4.98 Å². The molecule has 3 amide bonds. The van der Waals surface area contributed by atoms with Crippen LogP contribution >= 0.6 is 11.3 Å². The second kappa shape index (κ2) is 8.34. The van der Waals surface area contributed by atoms with Gasteiger partial charge < -0.3 is 10.6 Å². The molecule has 0 fully saturated rings. The highest BCUT2D eigenvalue weighted by atomic mass is 32.1. The molecule has 0 aliphatic heterocycles. The van der Waals surface area contributed by atoms with Gasteiger partial charge >= 0.3 is 6.03 Å². The fourth-order valence-electron chi connectivity index (χ4n) is 2.99. The Morgan fingerprint density at radius 1 is 0.867 bits per heavy atom. The summed E-state index contributed by atoms with van der Waals surface area (Å²) in [6.07, 6.45) is 0. The second-order valence-corrected chi connectivity index (χ2v) is 7.88. The minimum atomic E-state index is -0.315. The van der Waals surface area contributed by atoms with E-state index >= 15 is 0 Å². The van der Waals surface area contributed by atoms with Gasteiger partial charge in [-0.15, -0.1) is 0 Å². The van der Waals surface area contributed by atoms with Crippen molar-refractivity contribution >= 4 is 50.0 Å². The number of benzene rings is 3. The lowest BCUT2D eigenvalue weighted by molar-refractivity contribution is 0.102. The molecule has 0 atom stereocenters. The Morgan fingerprint density at radius 3 is 2.47 bits per heavy atom. The Bertz CT molecular complexity index is 1230. The number of fused-ring (bicyclic) bond motifs is 1. The van der Waals surface area contributed by atoms with Crippen molar-refractivity contribution in [3.63, 3.8) is 0 Å². The molecule has 150 valence electrons. The summed E-state index contributed by atoms with van der Waals surface area (Å²) in [5.41, 5.74) is 4.89. The van der Waals surface area contributed by atoms with Crippen LogP contribution in [-0.2, 0) is 0 Å². The summed E-state index contributed by atoms with van der Waals surface area (Å²) in [5, 5.41) is 9.06. The minimum Gasteiger partial charge on any atom is -0.308 e. The van der Waals surface area contributed by atoms with Crippen LogP contribution in [0, 0.1) is 13.8 Å². The van der Waals surface area contributed by atoms with Crippen LogP contribution in [0.25, 0.3) is 10.2 Å². The molecule has 0 radical (unpaired) electrons. The average molecular weight is 417 g/mol. The molecule has 30 heavy (non-hydrogen) atoms. The Morgan fingerprint density at radius 2 is 1.67 bits per heavy atom. The van der Waals surface area contributed by atoms with E-state index in [1.807, 2.05) is 62.4 Å². The van der Waals surface area contributed by atoms with Gasteiger partial charge in [0.25, 0.3) is 5.91 Å². The van der Waals surface area contributed by atoms with Crippen molar-refractivity contribution in [2.75, 3.05) is 16.0 Å². The molecule has 0 aliphatic carbocycles. The lowest BCUT2D eigenvalue weighted by Gasteiger charge is -2.11. The third-order valence-corrected chi connectivity index (χ3v) is 5.69. The molecule has 4 aromatic rings. The predicted octanol–water partition coefficient (Wildman–Crippen LogP) is 5.81. The van der Waals surface area contributed by atoms with Crippen LogP contribution in [0.5, 0.6) is 0 Å². The highest BCUT2D eigenvalue weighted by molar-refractivity contribution is 7.22. The first-order valence-corrected chi connectivity index (χ1v) is 10.2. The second-order valence-electron chi connectivity index (χ2n) is 6.85. The van der Waals surface area contributed by atoms with E-state index in [4.69, 9.17) is 0 Å². The molecule has 0 saturated heterocycles. The molecule has 4 rings (SSSR count). The highest BCUT2D eigenvalue weighted by Crippen LogP contribution is 2.29. The molecule has 0 aliphatic rings. The molecule has 7 heteroatoms. The molecule has 1 heterocycles. The first-order chi connectivity index (χ1) is 14.5. The third-order valence-electron chi connectivity index (χ3n) is 4.76. The molecule has 0 unspecified atom stereocenters. The number of aromatic nitrogens is 1. The van der Waals surface area contributed by atoms with E-state index in [0.717, 1.165) is 27.0 Å². The van der Waals surface area contributed by atoms with Crippen LogP contribution in [0.3, 0.4) is 0 Å². The number of carbonyl (C=O) groups is 2. The van der Waals surface area contributed by atoms with Crippen molar-refractivity contribution in [3.8, 4) is 0 Å². The largest absolute Gasteiger partial charge is 0.323 e. The number of hydrogen-bond acceptors (Lipinski definition) is 4. The number of urea groups is 1. The number of carbonyl (C=O) groups excluding carboxylic acids is 2. The van der Waals surface area contributed by atoms with Gasteiger partial charge in [-0.2, -0.15) is 0 Å². The van der Waals surface area contributed by atoms with Gasteiger partial charge in [-0.25, -0.2) is 9.78 Å². The quantitative estimate of drug-likeness (QED) is 0.393. The Hall–Kier alpha value is -3.71. The van der Waals surface area contributed by atoms with Gasteiger partial charge in [-0.3, -0.25) is 10.1 Å². The van der Waals surface area contributed by atoms with Crippen LogP contribution in [-0.4, -0.2) is 16.9 Å². The van der Waals surface area contributed by atoms with Gasteiger partial charge in [-0.05, 0) is 61.4 Å². The van der Waals surface area contributed by atoms with Crippen molar-refractivity contribution in [1.29, 1.82) is 0 Å². The van der Waals surface area contributed by atoms with Crippen LogP contribution in [0.1, 0.15) is 21.5 Å². The average Bonchev–Trinajstić information content (AvgIpc) is 3.13. The number of amides is 3. The number of anilines is 3. The first-order valence-electron chi connectivity index (χ1n) is 9.41. The number of rotatable bonds is 4. The number of hydrogen-bond donors (Lipinski definition) is 3. The van der Waals surface area contributed by atoms with Crippen molar-refractivity contribution in [2.24, 2.45) is 0 Å². The fraction of sp³-hybridized carbons (Fsp3) is 0.0870. The molecule has 1 aromatic heterocycles. The van der Waals surface area contributed by atoms with E-state index in [2.05, 4.69) is 20.9 Å². The zero-order valence-corrected chi connectivity index (χ0v) is 17.3. The van der Waals surface area contributed by atoms with Crippen LogP contribution < -0.4 is 16.0 Å². The zero-order chi connectivity index (χ0) is 21.1. The molecule has 0 bridgehead atoms. The van der Waals surface area contributed by atoms with E-state index in [9.17, 15) is 9.59 Å². The maximum atomic E-state index is 12.4. The Balaban J connectivity index is 1.46. The minimum absolute atomic E-state index is 0.207. The number of nitrogens with zero attached hydrogens (tertiary/aromatic N) is 1. The van der Waals surface area contributed by atoms with E-state index in [1.54, 1.807) is 18.2 Å². The van der Waals surface area contributed by atoms with E-state index in [-0.39, 0.29) is 11.9 Å². The third kappa shape index (κ3) is 4.31. The fourth-order valence-corrected chi connectivity index (χ4v) is 3.89. The smallest absolute Gasteiger partial charge is 0.308 e. The van der Waals surface area contributed by atoms with Gasteiger partial charge in [0.15, 0.2) is 5.13 Å². The van der Waals surface area contributed by atoms with Gasteiger partial charge in [0.05, 0.1) is 10.2 Å². The van der Waals surface area contributed by atoms with Gasteiger partial charge in [-0.1, -0.05) is 41.7 Å². The van der Waals surface area contributed by atoms with Crippen LogP contribution in [0.4, 0.5) is 21.3 Å². The van der Waals surface area contributed by atoms with E-state index in [1.165, 1.54) is 11.3 Å². The number of aryl methyl sites for hydroxylation is 1. The molecular weight excluding hydrogens is 396 g/mol. The van der Waals surface area contributed by atoms with Gasteiger partial charge in [0, 0.05) is 16.9 Å². The van der Waals surface area contributed by atoms with Crippen molar-refractivity contribution in [3.05, 3.63) is 83.4 Å². The first kappa shape index (κ1) is 19.6. The number of thiazole rings is 1. The van der Waals surface area contributed by atoms with Gasteiger partial charge in [0.2, 0.25) is 0 Å². The van der Waals surface area contributed by atoms with E-state index < -0.39 is 0 Å². The maximum absolute atomic E-state index is 12.4. The predicted molar refractivity (Wildman–Crippen MR) is 123 cm³/mol. The SMILES string of the molecule is Cc1cccc(NC(=O)Nc2ccc3nc(NC(=O)c4ccccc4)sc3c2)c1C. The molecule has 0 spiro atoms. The molecule has 3 N–H and O–H groups in total. The summed E-state index contributed by atoms with van der Waals surface area (Å²) in [4.78, 5) is 29.2. The zero-order valence-electron chi connectivity index (χ0n) is 16.5. The highest BCUT2D eigenvalue weighted by Gasteiger charge is 2.11. The van der Waals surface area contributed by atoms with Crippen molar-refractivity contribution in [2.45, 2.75) is 13.8 Å². The molecule has 3 aromatic carbocycles. The summed E-state index contributed by atoms with van der Waals surface area (Å²) in [6, 6.07) is 19.9. The summed E-state index contributed by atoms with van der Waals surface area (Å²) >= 11 is 1.36. The van der Waals surface area contributed by atoms with Crippen molar-refractivity contribution < 1.29 is 9.59 Å². The summed E-state index contributed by atoms with van der Waals surface area (Å²) in [6.45, 7) is 3.98. The number of nitrogens with one attached hydrogen (secondary N) is 3. The lowest BCUT2D eigenvalue weighted by atomic mass is 10.1. The molecule has 0 saturated carbocycles. The Kier molecular flexibility index (Phi) is 5.45. The van der Waals surface area contributed by atoms with Gasteiger partial charge in [0.1, 0.15) is 0 Å². The lowest BCUT2D eigenvalue weighted by Crippen LogP contribution is -2.20. The topological polar surface area (TPSA) is 83.1 Å². The normalized spacial score (nSPS) is 10.6.